The molecule has 0 bridgehead atoms. The summed E-state index contributed by atoms with van der Waals surface area (Å²) in [6, 6.07) is 10.0. The zero-order valence-corrected chi connectivity index (χ0v) is 17.3. The number of thiazole rings is 1. The quantitative estimate of drug-likeness (QED) is 0.550. The predicted octanol–water partition coefficient (Wildman–Crippen LogP) is 3.09. The fourth-order valence-corrected chi connectivity index (χ4v) is 4.61. The Labute approximate surface area is 171 Å². The lowest BCUT2D eigenvalue weighted by molar-refractivity contribution is -0.115. The van der Waals surface area contributed by atoms with Crippen LogP contribution in [0.2, 0.25) is 0 Å². The molecule has 7 nitrogen and oxygen atoms in total. The molecule has 2 heterocycles. The van der Waals surface area contributed by atoms with Gasteiger partial charge in [-0.25, -0.2) is 4.98 Å². The fourth-order valence-electron chi connectivity index (χ4n) is 2.74. The van der Waals surface area contributed by atoms with E-state index in [2.05, 4.69) is 15.4 Å². The molecule has 28 heavy (non-hydrogen) atoms. The zero-order chi connectivity index (χ0) is 20.1. The van der Waals surface area contributed by atoms with E-state index in [0.29, 0.717) is 23.7 Å². The molecule has 0 aliphatic carbocycles. The van der Waals surface area contributed by atoms with Crippen molar-refractivity contribution in [2.24, 2.45) is 5.73 Å². The Kier molecular flexibility index (Phi) is 6.48. The van der Waals surface area contributed by atoms with Gasteiger partial charge in [0.15, 0.2) is 5.13 Å². The maximum atomic E-state index is 12.8. The first-order valence-corrected chi connectivity index (χ1v) is 10.6. The molecule has 0 radical (unpaired) electrons. The summed E-state index contributed by atoms with van der Waals surface area (Å²) >= 11 is 2.66. The highest BCUT2D eigenvalue weighted by atomic mass is 32.2. The number of anilines is 1. The summed E-state index contributed by atoms with van der Waals surface area (Å²) in [4.78, 5) is 28.1. The number of rotatable bonds is 8. The minimum atomic E-state index is -0.387. The van der Waals surface area contributed by atoms with Crippen molar-refractivity contribution >= 4 is 40.0 Å². The SMILES string of the molecule is CCc1c(C(=O)Nc2nc(C)c(SCC(N)=O)s2)cnn1Cc1ccccc1. The van der Waals surface area contributed by atoms with E-state index in [1.54, 1.807) is 6.20 Å². The van der Waals surface area contributed by atoms with Crippen LogP contribution < -0.4 is 11.1 Å². The van der Waals surface area contributed by atoms with Crippen molar-refractivity contribution in [2.45, 2.75) is 31.0 Å². The molecule has 146 valence electrons. The second kappa shape index (κ2) is 9.03. The number of thioether (sulfide) groups is 1. The molecule has 3 aromatic rings. The molecule has 0 fully saturated rings. The molecule has 3 rings (SSSR count). The summed E-state index contributed by atoms with van der Waals surface area (Å²) in [6.45, 7) is 4.45. The number of nitrogens with two attached hydrogens (primary N) is 1. The lowest BCUT2D eigenvalue weighted by Gasteiger charge is -2.08. The summed E-state index contributed by atoms with van der Waals surface area (Å²) in [6.07, 6.45) is 2.28. The Bertz CT molecular complexity index is 982. The average molecular weight is 416 g/mol. The van der Waals surface area contributed by atoms with E-state index in [0.717, 1.165) is 21.2 Å². The third kappa shape index (κ3) is 4.79. The largest absolute Gasteiger partial charge is 0.369 e. The molecular weight excluding hydrogens is 394 g/mol. The molecule has 2 aromatic heterocycles. The minimum Gasteiger partial charge on any atom is -0.369 e. The van der Waals surface area contributed by atoms with Gasteiger partial charge in [0.25, 0.3) is 5.91 Å². The standard InChI is InChI=1S/C19H21N5O2S2/c1-3-15-14(9-21-24(15)10-13-7-5-4-6-8-13)17(26)23-19-22-12(2)18(28-19)27-11-16(20)25/h4-9H,3,10-11H2,1-2H3,(H2,20,25)(H,22,23,26). The fraction of sp³-hybridized carbons (Fsp3) is 0.263. The van der Waals surface area contributed by atoms with Crippen molar-refractivity contribution in [1.29, 1.82) is 0 Å². The normalized spacial score (nSPS) is 10.8. The van der Waals surface area contributed by atoms with Crippen molar-refractivity contribution < 1.29 is 9.59 Å². The molecule has 3 N–H and O–H groups in total. The van der Waals surface area contributed by atoms with Crippen LogP contribution in [0.5, 0.6) is 0 Å². The summed E-state index contributed by atoms with van der Waals surface area (Å²) in [7, 11) is 0. The summed E-state index contributed by atoms with van der Waals surface area (Å²) < 4.78 is 2.72. The first-order valence-electron chi connectivity index (χ1n) is 8.76. The summed E-state index contributed by atoms with van der Waals surface area (Å²) in [5, 5.41) is 7.74. The number of nitrogens with one attached hydrogen (secondary N) is 1. The molecule has 0 aliphatic heterocycles. The Hall–Kier alpha value is -2.65. The smallest absolute Gasteiger partial charge is 0.260 e. The second-order valence-electron chi connectivity index (χ2n) is 6.10. The van der Waals surface area contributed by atoms with Gasteiger partial charge in [-0.1, -0.05) is 48.6 Å². The average Bonchev–Trinajstić information content (AvgIpc) is 3.23. The Morgan fingerprint density at radius 3 is 2.71 bits per heavy atom. The van der Waals surface area contributed by atoms with Crippen LogP contribution in [0.25, 0.3) is 0 Å². The number of primary amides is 1. The van der Waals surface area contributed by atoms with Crippen LogP contribution in [0.1, 0.15) is 34.2 Å². The monoisotopic (exact) mass is 415 g/mol. The van der Waals surface area contributed by atoms with Crippen LogP contribution in [-0.4, -0.2) is 32.3 Å². The number of amides is 2. The lowest BCUT2D eigenvalue weighted by atomic mass is 10.2. The van der Waals surface area contributed by atoms with Crippen LogP contribution in [-0.2, 0) is 17.8 Å². The van der Waals surface area contributed by atoms with E-state index >= 15 is 0 Å². The maximum absolute atomic E-state index is 12.8. The first kappa shape index (κ1) is 20.1. The number of nitrogens with zero attached hydrogens (tertiary/aromatic N) is 3. The van der Waals surface area contributed by atoms with E-state index in [9.17, 15) is 9.59 Å². The van der Waals surface area contributed by atoms with Crippen molar-refractivity contribution in [2.75, 3.05) is 11.1 Å². The molecule has 0 unspecified atom stereocenters. The number of carbonyl (C=O) groups is 2. The molecule has 9 heteroatoms. The van der Waals surface area contributed by atoms with Crippen LogP contribution in [0.15, 0.2) is 40.7 Å². The van der Waals surface area contributed by atoms with Crippen molar-refractivity contribution in [3.05, 3.63) is 59.0 Å². The number of aromatic nitrogens is 3. The molecular formula is C19H21N5O2S2. The van der Waals surface area contributed by atoms with Gasteiger partial charge in [0, 0.05) is 0 Å². The van der Waals surface area contributed by atoms with E-state index in [1.165, 1.54) is 23.1 Å². The van der Waals surface area contributed by atoms with Gasteiger partial charge in [-0.3, -0.25) is 19.6 Å². The predicted molar refractivity (Wildman–Crippen MR) is 112 cm³/mol. The first-order chi connectivity index (χ1) is 13.5. The van der Waals surface area contributed by atoms with E-state index in [1.807, 2.05) is 48.9 Å². The minimum absolute atomic E-state index is 0.183. The number of hydrogen-bond acceptors (Lipinski definition) is 6. The lowest BCUT2D eigenvalue weighted by Crippen LogP contribution is -2.15. The Morgan fingerprint density at radius 1 is 1.29 bits per heavy atom. The number of aryl methyl sites for hydroxylation is 1. The van der Waals surface area contributed by atoms with Crippen molar-refractivity contribution in [3.63, 3.8) is 0 Å². The topological polar surface area (TPSA) is 103 Å². The van der Waals surface area contributed by atoms with Crippen LogP contribution in [0.4, 0.5) is 5.13 Å². The van der Waals surface area contributed by atoms with Gasteiger partial charge < -0.3 is 5.73 Å². The third-order valence-corrected chi connectivity index (χ3v) is 6.48. The molecule has 1 aromatic carbocycles. The molecule has 0 saturated carbocycles. The molecule has 2 amide bonds. The van der Waals surface area contributed by atoms with Crippen molar-refractivity contribution in [1.82, 2.24) is 14.8 Å². The molecule has 0 aliphatic rings. The second-order valence-corrected chi connectivity index (χ2v) is 8.35. The highest BCUT2D eigenvalue weighted by molar-refractivity contribution is 8.01. The summed E-state index contributed by atoms with van der Waals surface area (Å²) in [5.41, 5.74) is 8.49. The van der Waals surface area contributed by atoms with Crippen molar-refractivity contribution in [3.8, 4) is 0 Å². The van der Waals surface area contributed by atoms with E-state index in [-0.39, 0.29) is 17.6 Å². The third-order valence-electron chi connectivity index (χ3n) is 4.02. The Balaban J connectivity index is 1.74. The highest BCUT2D eigenvalue weighted by Gasteiger charge is 2.19. The molecule has 0 saturated heterocycles. The van der Waals surface area contributed by atoms with Gasteiger partial charge in [0.1, 0.15) is 0 Å². The van der Waals surface area contributed by atoms with Crippen LogP contribution in [0.3, 0.4) is 0 Å². The number of benzene rings is 1. The van der Waals surface area contributed by atoms with Gasteiger partial charge >= 0.3 is 0 Å². The Morgan fingerprint density at radius 2 is 2.04 bits per heavy atom. The molecule has 0 atom stereocenters. The van der Waals surface area contributed by atoms with Gasteiger partial charge in [-0.15, -0.1) is 11.8 Å². The molecule has 0 spiro atoms. The summed E-state index contributed by atoms with van der Waals surface area (Å²) in [5.74, 6) is -0.444. The van der Waals surface area contributed by atoms with Gasteiger partial charge in [-0.2, -0.15) is 5.10 Å². The van der Waals surface area contributed by atoms with Gasteiger partial charge in [0.2, 0.25) is 5.91 Å². The van der Waals surface area contributed by atoms with Crippen LogP contribution in [0, 0.1) is 6.92 Å². The highest BCUT2D eigenvalue weighted by Crippen LogP contribution is 2.32. The van der Waals surface area contributed by atoms with Crippen LogP contribution >= 0.6 is 23.1 Å². The van der Waals surface area contributed by atoms with Gasteiger partial charge in [-0.05, 0) is 18.9 Å². The van der Waals surface area contributed by atoms with Gasteiger partial charge in [0.05, 0.1) is 39.7 Å². The number of carbonyl (C=O) groups excluding carboxylic acids is 2. The van der Waals surface area contributed by atoms with E-state index < -0.39 is 0 Å². The van der Waals surface area contributed by atoms with E-state index in [4.69, 9.17) is 5.73 Å². The maximum Gasteiger partial charge on any atom is 0.260 e. The number of hydrogen-bond donors (Lipinski definition) is 2. The zero-order valence-electron chi connectivity index (χ0n) is 15.6.